The third-order valence-electron chi connectivity index (χ3n) is 4.73. The van der Waals surface area contributed by atoms with Crippen LogP contribution in [-0.4, -0.2) is 14.2 Å². The molecule has 3 heteroatoms. The first-order chi connectivity index (χ1) is 8.12. The Bertz CT molecular complexity index is 495. The zero-order valence-corrected chi connectivity index (χ0v) is 10.7. The van der Waals surface area contributed by atoms with Crippen molar-refractivity contribution in [3.05, 3.63) is 30.3 Å². The number of hydrogen-bond donors (Lipinski definition) is 0. The van der Waals surface area contributed by atoms with Crippen molar-refractivity contribution in [2.75, 3.05) is 5.75 Å². The van der Waals surface area contributed by atoms with Crippen LogP contribution in [0.4, 0.5) is 0 Å². The normalized spacial score (nSPS) is 26.2. The highest BCUT2D eigenvalue weighted by atomic mass is 32.2. The lowest BCUT2D eigenvalue weighted by Gasteiger charge is -2.56. The van der Waals surface area contributed by atoms with Gasteiger partial charge in [-0.3, -0.25) is 0 Å². The highest BCUT2D eigenvalue weighted by Crippen LogP contribution is 2.60. The molecule has 0 radical (unpaired) electrons. The van der Waals surface area contributed by atoms with Crippen molar-refractivity contribution in [3.8, 4) is 0 Å². The van der Waals surface area contributed by atoms with E-state index in [1.54, 1.807) is 24.3 Å². The molecule has 2 fully saturated rings. The van der Waals surface area contributed by atoms with E-state index in [9.17, 15) is 8.42 Å². The van der Waals surface area contributed by atoms with Crippen LogP contribution < -0.4 is 0 Å². The van der Waals surface area contributed by atoms with Crippen molar-refractivity contribution in [1.29, 1.82) is 0 Å². The summed E-state index contributed by atoms with van der Waals surface area (Å²) in [4.78, 5) is 0.487. The van der Waals surface area contributed by atoms with E-state index >= 15 is 0 Å². The van der Waals surface area contributed by atoms with Crippen LogP contribution in [0.25, 0.3) is 0 Å². The minimum atomic E-state index is -3.07. The summed E-state index contributed by atoms with van der Waals surface area (Å²) in [7, 11) is -3.07. The maximum atomic E-state index is 12.3. The molecular formula is C14H18O2S. The van der Waals surface area contributed by atoms with Gasteiger partial charge >= 0.3 is 0 Å². The van der Waals surface area contributed by atoms with Crippen LogP contribution in [0.15, 0.2) is 35.2 Å². The lowest BCUT2D eigenvalue weighted by molar-refractivity contribution is -0.0357. The molecule has 2 aliphatic carbocycles. The molecule has 1 atom stereocenters. The largest absolute Gasteiger partial charge is 0.224 e. The highest BCUT2D eigenvalue weighted by molar-refractivity contribution is 7.91. The molecule has 2 saturated carbocycles. The molecule has 0 amide bonds. The van der Waals surface area contributed by atoms with Crippen molar-refractivity contribution >= 4 is 9.84 Å². The summed E-state index contributed by atoms with van der Waals surface area (Å²) in [5, 5.41) is 0. The third-order valence-corrected chi connectivity index (χ3v) is 6.56. The maximum absolute atomic E-state index is 12.3. The fourth-order valence-electron chi connectivity index (χ4n) is 3.29. The van der Waals surface area contributed by atoms with E-state index in [0.29, 0.717) is 22.0 Å². The molecule has 1 aromatic carbocycles. The van der Waals surface area contributed by atoms with Gasteiger partial charge in [-0.25, -0.2) is 8.42 Å². The SMILES string of the molecule is O=S(=O)(CC1CCC12CCC2)c1ccccc1. The van der Waals surface area contributed by atoms with E-state index in [1.165, 1.54) is 25.7 Å². The molecule has 0 aliphatic heterocycles. The molecule has 92 valence electrons. The standard InChI is InChI=1S/C14H18O2S/c15-17(16,13-5-2-1-3-6-13)11-12-7-10-14(12)8-4-9-14/h1-3,5-6,12H,4,7-11H2. The summed E-state index contributed by atoms with van der Waals surface area (Å²) < 4.78 is 24.5. The van der Waals surface area contributed by atoms with Crippen LogP contribution in [0, 0.1) is 11.3 Å². The van der Waals surface area contributed by atoms with E-state index in [-0.39, 0.29) is 0 Å². The Morgan fingerprint density at radius 1 is 1.12 bits per heavy atom. The molecule has 0 saturated heterocycles. The van der Waals surface area contributed by atoms with Crippen molar-refractivity contribution in [2.45, 2.75) is 37.0 Å². The van der Waals surface area contributed by atoms with Crippen molar-refractivity contribution in [2.24, 2.45) is 11.3 Å². The van der Waals surface area contributed by atoms with Gasteiger partial charge in [0.15, 0.2) is 9.84 Å². The third kappa shape index (κ3) is 1.81. The first-order valence-electron chi connectivity index (χ1n) is 6.40. The van der Waals surface area contributed by atoms with Crippen LogP contribution >= 0.6 is 0 Å². The molecule has 3 rings (SSSR count). The summed E-state index contributed by atoms with van der Waals surface area (Å²) in [6.45, 7) is 0. The first kappa shape index (κ1) is 11.3. The average Bonchev–Trinajstić information content (AvgIpc) is 2.24. The number of sulfone groups is 1. The summed E-state index contributed by atoms with van der Waals surface area (Å²) in [6.07, 6.45) is 6.15. The molecule has 0 aromatic heterocycles. The monoisotopic (exact) mass is 250 g/mol. The number of rotatable bonds is 3. The fraction of sp³-hybridized carbons (Fsp3) is 0.571. The molecule has 1 aromatic rings. The topological polar surface area (TPSA) is 34.1 Å². The lowest BCUT2D eigenvalue weighted by Crippen LogP contribution is -2.48. The number of hydrogen-bond acceptors (Lipinski definition) is 2. The van der Waals surface area contributed by atoms with Gasteiger partial charge in [-0.05, 0) is 49.1 Å². The zero-order valence-electron chi connectivity index (χ0n) is 9.93. The Labute approximate surface area is 103 Å². The van der Waals surface area contributed by atoms with Crippen LogP contribution in [0.2, 0.25) is 0 Å². The smallest absolute Gasteiger partial charge is 0.178 e. The van der Waals surface area contributed by atoms with Gasteiger partial charge in [0, 0.05) is 0 Å². The minimum Gasteiger partial charge on any atom is -0.224 e. The van der Waals surface area contributed by atoms with E-state index in [4.69, 9.17) is 0 Å². The summed E-state index contributed by atoms with van der Waals surface area (Å²) in [5.74, 6) is 0.776. The summed E-state index contributed by atoms with van der Waals surface area (Å²) in [6, 6.07) is 8.87. The van der Waals surface area contributed by atoms with Gasteiger partial charge in [0.25, 0.3) is 0 Å². The Hall–Kier alpha value is -0.830. The molecule has 17 heavy (non-hydrogen) atoms. The molecular weight excluding hydrogens is 232 g/mol. The maximum Gasteiger partial charge on any atom is 0.178 e. The predicted molar refractivity (Wildman–Crippen MR) is 67.5 cm³/mol. The van der Waals surface area contributed by atoms with Gasteiger partial charge in [0.2, 0.25) is 0 Å². The van der Waals surface area contributed by atoms with Gasteiger partial charge in [0.05, 0.1) is 10.6 Å². The summed E-state index contributed by atoms with van der Waals surface area (Å²) >= 11 is 0. The van der Waals surface area contributed by atoms with Gasteiger partial charge < -0.3 is 0 Å². The van der Waals surface area contributed by atoms with Gasteiger partial charge in [-0.2, -0.15) is 0 Å². The van der Waals surface area contributed by atoms with E-state index in [1.807, 2.05) is 6.07 Å². The van der Waals surface area contributed by atoms with E-state index in [2.05, 4.69) is 0 Å². The minimum absolute atomic E-state index is 0.358. The van der Waals surface area contributed by atoms with E-state index < -0.39 is 9.84 Å². The predicted octanol–water partition coefficient (Wildman–Crippen LogP) is 3.04. The molecule has 2 aliphatic rings. The van der Waals surface area contributed by atoms with Crippen LogP contribution in [0.3, 0.4) is 0 Å². The van der Waals surface area contributed by atoms with Crippen molar-refractivity contribution in [3.63, 3.8) is 0 Å². The van der Waals surface area contributed by atoms with Crippen molar-refractivity contribution < 1.29 is 8.42 Å². The summed E-state index contributed by atoms with van der Waals surface area (Å²) in [5.41, 5.74) is 0.419. The molecule has 0 heterocycles. The van der Waals surface area contributed by atoms with Gasteiger partial charge in [0.1, 0.15) is 0 Å². The molecule has 1 spiro atoms. The second-order valence-corrected chi connectivity index (χ2v) is 7.58. The molecule has 1 unspecified atom stereocenters. The van der Waals surface area contributed by atoms with Gasteiger partial charge in [-0.1, -0.05) is 24.6 Å². The second-order valence-electron chi connectivity index (χ2n) is 5.55. The van der Waals surface area contributed by atoms with Gasteiger partial charge in [-0.15, -0.1) is 0 Å². The molecule has 0 bridgehead atoms. The fourth-order valence-corrected chi connectivity index (χ4v) is 5.11. The molecule has 2 nitrogen and oxygen atoms in total. The Morgan fingerprint density at radius 3 is 2.29 bits per heavy atom. The number of benzene rings is 1. The van der Waals surface area contributed by atoms with Crippen LogP contribution in [-0.2, 0) is 9.84 Å². The first-order valence-corrected chi connectivity index (χ1v) is 8.05. The Kier molecular flexibility index (Phi) is 2.54. The average molecular weight is 250 g/mol. The van der Waals surface area contributed by atoms with Crippen molar-refractivity contribution in [1.82, 2.24) is 0 Å². The second kappa shape index (κ2) is 3.84. The van der Waals surface area contributed by atoms with Crippen LogP contribution in [0.1, 0.15) is 32.1 Å². The Balaban J connectivity index is 1.77. The molecule has 0 N–H and O–H groups in total. The highest BCUT2D eigenvalue weighted by Gasteiger charge is 2.51. The quantitative estimate of drug-likeness (QED) is 0.826. The lowest BCUT2D eigenvalue weighted by atomic mass is 9.50. The van der Waals surface area contributed by atoms with E-state index in [0.717, 1.165) is 6.42 Å². The Morgan fingerprint density at radius 2 is 1.82 bits per heavy atom. The zero-order chi connectivity index (χ0) is 11.9. The van der Waals surface area contributed by atoms with Crippen LogP contribution in [0.5, 0.6) is 0 Å².